The van der Waals surface area contributed by atoms with E-state index in [2.05, 4.69) is 5.32 Å². The number of nitrogens with one attached hydrogen (secondary N) is 1. The summed E-state index contributed by atoms with van der Waals surface area (Å²) in [7, 11) is 0. The second-order valence-corrected chi connectivity index (χ2v) is 3.83. The maximum Gasteiger partial charge on any atom is 0.259 e. The van der Waals surface area contributed by atoms with Crippen LogP contribution in [0, 0.1) is 0 Å². The summed E-state index contributed by atoms with van der Waals surface area (Å²) in [5.41, 5.74) is 11.6. The Labute approximate surface area is 97.9 Å². The fourth-order valence-corrected chi connectivity index (χ4v) is 1.66. The first-order valence-electron chi connectivity index (χ1n) is 5.17. The molecule has 0 saturated carbocycles. The van der Waals surface area contributed by atoms with E-state index in [1.807, 2.05) is 0 Å². The summed E-state index contributed by atoms with van der Waals surface area (Å²) in [6.45, 7) is 0.897. The van der Waals surface area contributed by atoms with Gasteiger partial charge in [0.1, 0.15) is 5.75 Å². The van der Waals surface area contributed by atoms with Crippen molar-refractivity contribution in [3.05, 3.63) is 29.3 Å². The van der Waals surface area contributed by atoms with Crippen molar-refractivity contribution in [3.63, 3.8) is 0 Å². The fraction of sp³-hybridized carbons (Fsp3) is 0.273. The first-order chi connectivity index (χ1) is 8.08. The minimum atomic E-state index is -0.737. The quantitative estimate of drug-likeness (QED) is 0.618. The van der Waals surface area contributed by atoms with Crippen LogP contribution < -0.4 is 21.5 Å². The number of nitrogens with two attached hydrogens (primary N) is 2. The fourth-order valence-electron chi connectivity index (χ4n) is 1.66. The number of benzene rings is 1. The van der Waals surface area contributed by atoms with Crippen molar-refractivity contribution >= 4 is 11.8 Å². The van der Waals surface area contributed by atoms with E-state index in [1.54, 1.807) is 12.1 Å². The Kier molecular flexibility index (Phi) is 2.97. The summed E-state index contributed by atoms with van der Waals surface area (Å²) in [5, 5.41) is 3.04. The Hall–Kier alpha value is -2.08. The molecule has 0 radical (unpaired) electrons. The van der Waals surface area contributed by atoms with Gasteiger partial charge < -0.3 is 21.5 Å². The van der Waals surface area contributed by atoms with Crippen LogP contribution in [0.2, 0.25) is 0 Å². The lowest BCUT2D eigenvalue weighted by molar-refractivity contribution is -0.124. The number of carbonyl (C=O) groups is 2. The Balaban J connectivity index is 2.35. The smallest absolute Gasteiger partial charge is 0.259 e. The average molecular weight is 235 g/mol. The molecule has 1 aliphatic rings. The zero-order valence-electron chi connectivity index (χ0n) is 9.10. The van der Waals surface area contributed by atoms with E-state index in [0.29, 0.717) is 24.4 Å². The summed E-state index contributed by atoms with van der Waals surface area (Å²) in [6.07, 6.45) is -0.737. The van der Waals surface area contributed by atoms with E-state index in [9.17, 15) is 9.59 Å². The summed E-state index contributed by atoms with van der Waals surface area (Å²) in [5.74, 6) is -0.617. The van der Waals surface area contributed by atoms with Crippen LogP contribution in [0.25, 0.3) is 0 Å². The van der Waals surface area contributed by atoms with Crippen LogP contribution in [-0.2, 0) is 11.3 Å². The van der Waals surface area contributed by atoms with Gasteiger partial charge in [-0.3, -0.25) is 9.59 Å². The molecule has 1 aliphatic heterocycles. The molecule has 0 fully saturated rings. The normalized spacial score (nSPS) is 18.7. The lowest BCUT2D eigenvalue weighted by Crippen LogP contribution is -2.40. The van der Waals surface area contributed by atoms with E-state index in [-0.39, 0.29) is 0 Å². The Morgan fingerprint density at radius 2 is 2.12 bits per heavy atom. The molecule has 0 spiro atoms. The molecule has 1 atom stereocenters. The molecule has 6 heteroatoms. The van der Waals surface area contributed by atoms with Gasteiger partial charge >= 0.3 is 0 Å². The van der Waals surface area contributed by atoms with E-state index in [0.717, 1.165) is 5.56 Å². The van der Waals surface area contributed by atoms with Gasteiger partial charge in [-0.1, -0.05) is 6.07 Å². The van der Waals surface area contributed by atoms with Crippen molar-refractivity contribution in [2.24, 2.45) is 11.5 Å². The Bertz CT molecular complexity index is 473. The standard InChI is InChI=1S/C11H13N3O3/c12-10(15)6-1-2-7-4-14-5-9(11(13)16)17-8(7)3-6/h1-3,9,14H,4-5H2,(H2,12,15)(H2,13,16). The van der Waals surface area contributed by atoms with E-state index < -0.39 is 17.9 Å². The third-order valence-corrected chi connectivity index (χ3v) is 2.58. The maximum atomic E-state index is 11.1. The van der Waals surface area contributed by atoms with Crippen molar-refractivity contribution in [3.8, 4) is 5.75 Å². The molecule has 0 bridgehead atoms. The molecule has 5 N–H and O–H groups in total. The number of fused-ring (bicyclic) bond motifs is 1. The molecule has 0 aromatic heterocycles. The van der Waals surface area contributed by atoms with Crippen molar-refractivity contribution in [1.82, 2.24) is 5.32 Å². The van der Waals surface area contributed by atoms with Crippen LogP contribution in [0.4, 0.5) is 0 Å². The molecule has 1 heterocycles. The lowest BCUT2D eigenvalue weighted by atomic mass is 10.1. The molecule has 2 rings (SSSR count). The zero-order valence-corrected chi connectivity index (χ0v) is 9.10. The summed E-state index contributed by atoms with van der Waals surface area (Å²) >= 11 is 0. The molecule has 6 nitrogen and oxygen atoms in total. The molecular formula is C11H13N3O3. The summed E-state index contributed by atoms with van der Waals surface area (Å²) in [6, 6.07) is 4.89. The van der Waals surface area contributed by atoms with Crippen molar-refractivity contribution in [2.75, 3.05) is 6.54 Å². The van der Waals surface area contributed by atoms with Crippen LogP contribution in [0.1, 0.15) is 15.9 Å². The minimum absolute atomic E-state index is 0.342. The number of rotatable bonds is 2. The van der Waals surface area contributed by atoms with Gasteiger partial charge in [0.05, 0.1) is 0 Å². The molecule has 1 aromatic carbocycles. The third kappa shape index (κ3) is 2.36. The second kappa shape index (κ2) is 4.42. The van der Waals surface area contributed by atoms with Crippen LogP contribution in [0.3, 0.4) is 0 Å². The maximum absolute atomic E-state index is 11.1. The van der Waals surface area contributed by atoms with Gasteiger partial charge in [-0.2, -0.15) is 0 Å². The number of hydrogen-bond acceptors (Lipinski definition) is 4. The van der Waals surface area contributed by atoms with Gasteiger partial charge in [0.2, 0.25) is 5.91 Å². The van der Waals surface area contributed by atoms with Crippen LogP contribution in [-0.4, -0.2) is 24.5 Å². The average Bonchev–Trinajstić information content (AvgIpc) is 2.49. The molecule has 90 valence electrons. The van der Waals surface area contributed by atoms with Crippen molar-refractivity contribution in [2.45, 2.75) is 12.6 Å². The first kappa shape index (κ1) is 11.4. The van der Waals surface area contributed by atoms with Gasteiger partial charge in [0.15, 0.2) is 6.10 Å². The highest BCUT2D eigenvalue weighted by Gasteiger charge is 2.22. The van der Waals surface area contributed by atoms with Crippen LogP contribution in [0.5, 0.6) is 5.75 Å². The largest absolute Gasteiger partial charge is 0.479 e. The van der Waals surface area contributed by atoms with Gasteiger partial charge in [-0.15, -0.1) is 0 Å². The van der Waals surface area contributed by atoms with Crippen molar-refractivity contribution in [1.29, 1.82) is 0 Å². The van der Waals surface area contributed by atoms with Gasteiger partial charge in [-0.05, 0) is 12.1 Å². The van der Waals surface area contributed by atoms with Gasteiger partial charge in [0.25, 0.3) is 5.91 Å². The number of amides is 2. The first-order valence-corrected chi connectivity index (χ1v) is 5.17. The third-order valence-electron chi connectivity index (χ3n) is 2.58. The van der Waals surface area contributed by atoms with E-state index in [4.69, 9.17) is 16.2 Å². The molecule has 0 saturated heterocycles. The highest BCUT2D eigenvalue weighted by atomic mass is 16.5. The van der Waals surface area contributed by atoms with Gasteiger partial charge in [-0.25, -0.2) is 0 Å². The molecule has 1 unspecified atom stereocenters. The highest BCUT2D eigenvalue weighted by molar-refractivity contribution is 5.93. The Morgan fingerprint density at radius 3 is 2.76 bits per heavy atom. The number of ether oxygens (including phenoxy) is 1. The molecule has 1 aromatic rings. The molecule has 2 amide bonds. The predicted octanol–water partition coefficient (Wildman–Crippen LogP) is -0.879. The zero-order chi connectivity index (χ0) is 12.4. The molecular weight excluding hydrogens is 222 g/mol. The van der Waals surface area contributed by atoms with E-state index in [1.165, 1.54) is 6.07 Å². The van der Waals surface area contributed by atoms with Crippen LogP contribution >= 0.6 is 0 Å². The molecule has 0 aliphatic carbocycles. The van der Waals surface area contributed by atoms with Crippen molar-refractivity contribution < 1.29 is 14.3 Å². The highest BCUT2D eigenvalue weighted by Crippen LogP contribution is 2.23. The number of carbonyl (C=O) groups excluding carboxylic acids is 2. The monoisotopic (exact) mass is 235 g/mol. The summed E-state index contributed by atoms with van der Waals surface area (Å²) in [4.78, 5) is 22.1. The topological polar surface area (TPSA) is 107 Å². The van der Waals surface area contributed by atoms with Gasteiger partial charge in [0, 0.05) is 24.2 Å². The minimum Gasteiger partial charge on any atom is -0.479 e. The predicted molar refractivity (Wildman–Crippen MR) is 60.3 cm³/mol. The number of hydrogen-bond donors (Lipinski definition) is 3. The number of primary amides is 2. The lowest BCUT2D eigenvalue weighted by Gasteiger charge is -2.13. The Morgan fingerprint density at radius 1 is 1.35 bits per heavy atom. The summed E-state index contributed by atoms with van der Waals surface area (Å²) < 4.78 is 5.46. The van der Waals surface area contributed by atoms with Crippen LogP contribution in [0.15, 0.2) is 18.2 Å². The molecule has 17 heavy (non-hydrogen) atoms. The second-order valence-electron chi connectivity index (χ2n) is 3.83. The van der Waals surface area contributed by atoms with E-state index >= 15 is 0 Å². The SMILES string of the molecule is NC(=O)c1ccc2c(c1)OC(C(N)=O)CNC2.